The molecule has 2 aromatic carbocycles. The van der Waals surface area contributed by atoms with Gasteiger partial charge in [0.15, 0.2) is 0 Å². The van der Waals surface area contributed by atoms with E-state index < -0.39 is 6.04 Å². The Bertz CT molecular complexity index is 865. The highest BCUT2D eigenvalue weighted by atomic mass is 79.9. The zero-order valence-corrected chi connectivity index (χ0v) is 17.9. The maximum absolute atomic E-state index is 13.0. The average molecular weight is 445 g/mol. The SMILES string of the molecule is Cc1ccc(C(=O)NC(C(=O)NC2CCOc3ccc(Br)cc32)C(C)C)cc1. The summed E-state index contributed by atoms with van der Waals surface area (Å²) >= 11 is 3.47. The lowest BCUT2D eigenvalue weighted by Gasteiger charge is -2.29. The largest absolute Gasteiger partial charge is 0.493 e. The van der Waals surface area contributed by atoms with Crippen molar-refractivity contribution in [2.45, 2.75) is 39.3 Å². The molecule has 2 N–H and O–H groups in total. The Balaban J connectivity index is 1.73. The van der Waals surface area contributed by atoms with Gasteiger partial charge in [-0.25, -0.2) is 0 Å². The lowest BCUT2D eigenvalue weighted by Crippen LogP contribution is -2.50. The first kappa shape index (κ1) is 20.4. The number of benzene rings is 2. The topological polar surface area (TPSA) is 67.4 Å². The third-order valence-electron chi connectivity index (χ3n) is 4.88. The fourth-order valence-corrected chi connectivity index (χ4v) is 3.62. The summed E-state index contributed by atoms with van der Waals surface area (Å²) in [6.45, 7) is 6.36. The van der Waals surface area contributed by atoms with Crippen LogP contribution in [0.15, 0.2) is 46.9 Å². The Labute approximate surface area is 174 Å². The van der Waals surface area contributed by atoms with E-state index in [1.807, 2.05) is 51.1 Å². The minimum Gasteiger partial charge on any atom is -0.493 e. The summed E-state index contributed by atoms with van der Waals surface area (Å²) in [7, 11) is 0. The van der Waals surface area contributed by atoms with Crippen LogP contribution < -0.4 is 15.4 Å². The fraction of sp³-hybridized carbons (Fsp3) is 0.364. The number of hydrogen-bond donors (Lipinski definition) is 2. The molecule has 1 aliphatic heterocycles. The van der Waals surface area contributed by atoms with Crippen molar-refractivity contribution < 1.29 is 14.3 Å². The fourth-order valence-electron chi connectivity index (χ4n) is 3.24. The van der Waals surface area contributed by atoms with Gasteiger partial charge in [-0.15, -0.1) is 0 Å². The van der Waals surface area contributed by atoms with Gasteiger partial charge in [-0.1, -0.05) is 47.5 Å². The predicted molar refractivity (Wildman–Crippen MR) is 112 cm³/mol. The van der Waals surface area contributed by atoms with E-state index in [1.54, 1.807) is 12.1 Å². The van der Waals surface area contributed by atoms with E-state index in [9.17, 15) is 9.59 Å². The lowest BCUT2D eigenvalue weighted by molar-refractivity contribution is -0.124. The van der Waals surface area contributed by atoms with Crippen LogP contribution in [0.2, 0.25) is 0 Å². The van der Waals surface area contributed by atoms with Crippen LogP contribution in [0.3, 0.4) is 0 Å². The molecule has 2 amide bonds. The summed E-state index contributed by atoms with van der Waals surface area (Å²) in [5.74, 6) is 0.304. The standard InChI is InChI=1S/C22H25BrN2O3/c1-13(2)20(25-21(26)15-6-4-14(3)5-7-15)22(27)24-18-10-11-28-19-9-8-16(23)12-17(18)19/h4-9,12-13,18,20H,10-11H2,1-3H3,(H,24,27)(H,25,26). The first-order chi connectivity index (χ1) is 13.3. The normalized spacial score (nSPS) is 16.7. The van der Waals surface area contributed by atoms with Crippen molar-refractivity contribution in [2.75, 3.05) is 6.61 Å². The van der Waals surface area contributed by atoms with E-state index >= 15 is 0 Å². The molecule has 3 rings (SSSR count). The van der Waals surface area contributed by atoms with E-state index in [4.69, 9.17) is 4.74 Å². The molecule has 2 unspecified atom stereocenters. The van der Waals surface area contributed by atoms with Gasteiger partial charge in [0.2, 0.25) is 5.91 Å². The first-order valence-corrected chi connectivity index (χ1v) is 10.2. The molecule has 2 aromatic rings. The van der Waals surface area contributed by atoms with Crippen molar-refractivity contribution in [1.29, 1.82) is 0 Å². The van der Waals surface area contributed by atoms with E-state index in [2.05, 4.69) is 26.6 Å². The van der Waals surface area contributed by atoms with Crippen LogP contribution in [0, 0.1) is 12.8 Å². The summed E-state index contributed by atoms with van der Waals surface area (Å²) < 4.78 is 6.62. The second kappa shape index (κ2) is 8.78. The second-order valence-corrected chi connectivity index (χ2v) is 8.36. The summed E-state index contributed by atoms with van der Waals surface area (Å²) in [5, 5.41) is 5.98. The lowest BCUT2D eigenvalue weighted by atomic mass is 9.98. The number of fused-ring (bicyclic) bond motifs is 1. The summed E-state index contributed by atoms with van der Waals surface area (Å²) in [6.07, 6.45) is 0.686. The molecule has 0 aromatic heterocycles. The van der Waals surface area contributed by atoms with Gasteiger partial charge in [0, 0.05) is 22.0 Å². The number of aryl methyl sites for hydroxylation is 1. The third-order valence-corrected chi connectivity index (χ3v) is 5.37. The molecule has 2 atom stereocenters. The molecule has 148 valence electrons. The number of carbonyl (C=O) groups is 2. The van der Waals surface area contributed by atoms with E-state index in [0.29, 0.717) is 18.6 Å². The van der Waals surface area contributed by atoms with Gasteiger partial charge < -0.3 is 15.4 Å². The van der Waals surface area contributed by atoms with Gasteiger partial charge in [0.1, 0.15) is 11.8 Å². The van der Waals surface area contributed by atoms with Gasteiger partial charge in [0.05, 0.1) is 12.6 Å². The summed E-state index contributed by atoms with van der Waals surface area (Å²) in [4.78, 5) is 25.6. The van der Waals surface area contributed by atoms with Gasteiger partial charge in [-0.2, -0.15) is 0 Å². The number of rotatable bonds is 5. The molecule has 0 saturated heterocycles. The highest BCUT2D eigenvalue weighted by Gasteiger charge is 2.29. The third kappa shape index (κ3) is 4.73. The predicted octanol–water partition coefficient (Wildman–Crippen LogP) is 4.15. The zero-order chi connectivity index (χ0) is 20.3. The number of nitrogens with one attached hydrogen (secondary N) is 2. The molecule has 0 fully saturated rings. The average Bonchev–Trinajstić information content (AvgIpc) is 2.66. The van der Waals surface area contributed by atoms with Crippen molar-refractivity contribution >= 4 is 27.7 Å². The van der Waals surface area contributed by atoms with Crippen LogP contribution in [0.4, 0.5) is 0 Å². The smallest absolute Gasteiger partial charge is 0.251 e. The molecule has 1 aliphatic rings. The van der Waals surface area contributed by atoms with Gasteiger partial charge in [-0.3, -0.25) is 9.59 Å². The molecule has 0 bridgehead atoms. The summed E-state index contributed by atoms with van der Waals surface area (Å²) in [6, 6.07) is 12.3. The molecule has 0 saturated carbocycles. The van der Waals surface area contributed by atoms with Crippen molar-refractivity contribution in [3.05, 3.63) is 63.6 Å². The highest BCUT2D eigenvalue weighted by Crippen LogP contribution is 2.34. The maximum atomic E-state index is 13.0. The highest BCUT2D eigenvalue weighted by molar-refractivity contribution is 9.10. The van der Waals surface area contributed by atoms with E-state index in [-0.39, 0.29) is 23.8 Å². The molecular formula is C22H25BrN2O3. The monoisotopic (exact) mass is 444 g/mol. The Morgan fingerprint density at radius 1 is 1.14 bits per heavy atom. The number of ether oxygens (including phenoxy) is 1. The zero-order valence-electron chi connectivity index (χ0n) is 16.3. The maximum Gasteiger partial charge on any atom is 0.251 e. The number of amides is 2. The van der Waals surface area contributed by atoms with Crippen LogP contribution in [-0.4, -0.2) is 24.5 Å². The quantitative estimate of drug-likeness (QED) is 0.727. The van der Waals surface area contributed by atoms with Crippen LogP contribution in [0.1, 0.15) is 47.8 Å². The van der Waals surface area contributed by atoms with Crippen LogP contribution in [-0.2, 0) is 4.79 Å². The van der Waals surface area contributed by atoms with E-state index in [1.165, 1.54) is 0 Å². The number of hydrogen-bond acceptors (Lipinski definition) is 3. The van der Waals surface area contributed by atoms with Crippen LogP contribution in [0.5, 0.6) is 5.75 Å². The Morgan fingerprint density at radius 2 is 1.86 bits per heavy atom. The van der Waals surface area contributed by atoms with Crippen LogP contribution >= 0.6 is 15.9 Å². The molecule has 1 heterocycles. The molecule has 0 spiro atoms. The number of halogens is 1. The van der Waals surface area contributed by atoms with Crippen molar-refractivity contribution in [3.63, 3.8) is 0 Å². The van der Waals surface area contributed by atoms with Gasteiger partial charge in [0.25, 0.3) is 5.91 Å². The molecule has 5 nitrogen and oxygen atoms in total. The van der Waals surface area contributed by atoms with Crippen molar-refractivity contribution in [3.8, 4) is 5.75 Å². The molecular weight excluding hydrogens is 420 g/mol. The molecule has 0 radical (unpaired) electrons. The minimum atomic E-state index is -0.618. The Hall–Kier alpha value is -2.34. The van der Waals surface area contributed by atoms with Crippen LogP contribution in [0.25, 0.3) is 0 Å². The second-order valence-electron chi connectivity index (χ2n) is 7.44. The van der Waals surface area contributed by atoms with E-state index in [0.717, 1.165) is 21.3 Å². The minimum absolute atomic E-state index is 0.0452. The molecule has 0 aliphatic carbocycles. The van der Waals surface area contributed by atoms with Crippen molar-refractivity contribution in [2.24, 2.45) is 5.92 Å². The first-order valence-electron chi connectivity index (χ1n) is 9.45. The van der Waals surface area contributed by atoms with Gasteiger partial charge in [-0.05, 0) is 43.2 Å². The Morgan fingerprint density at radius 3 is 2.54 bits per heavy atom. The Kier molecular flexibility index (Phi) is 6.39. The van der Waals surface area contributed by atoms with Crippen molar-refractivity contribution in [1.82, 2.24) is 10.6 Å². The number of carbonyl (C=O) groups excluding carboxylic acids is 2. The molecule has 28 heavy (non-hydrogen) atoms. The molecule has 6 heteroatoms. The van der Waals surface area contributed by atoms with Gasteiger partial charge >= 0.3 is 0 Å². The summed E-state index contributed by atoms with van der Waals surface area (Å²) in [5.41, 5.74) is 2.57.